The summed E-state index contributed by atoms with van der Waals surface area (Å²) in [5.41, 5.74) is 1.14. The van der Waals surface area contributed by atoms with E-state index in [2.05, 4.69) is 49.4 Å². The van der Waals surface area contributed by atoms with Gasteiger partial charge in [-0.05, 0) is 29.5 Å². The quantitative estimate of drug-likeness (QED) is 0.769. The largest absolute Gasteiger partial charge is 0.274 e. The van der Waals surface area contributed by atoms with Crippen LogP contribution in [0.1, 0.15) is 24.6 Å². The van der Waals surface area contributed by atoms with Crippen LogP contribution in [0, 0.1) is 0 Å². The normalized spacial score (nSPS) is 14.6. The molecule has 0 atom stereocenters. The van der Waals surface area contributed by atoms with Crippen molar-refractivity contribution in [3.05, 3.63) is 47.2 Å². The van der Waals surface area contributed by atoms with Crippen molar-refractivity contribution in [3.63, 3.8) is 0 Å². The Hall–Kier alpha value is -1.07. The monoisotopic (exact) mass is 335 g/mol. The first-order valence-electron chi connectivity index (χ1n) is 6.22. The van der Waals surface area contributed by atoms with Crippen molar-refractivity contribution in [2.24, 2.45) is 0 Å². The van der Waals surface area contributed by atoms with E-state index in [1.807, 2.05) is 18.2 Å². The molecule has 0 bridgehead atoms. The van der Waals surface area contributed by atoms with Gasteiger partial charge in [-0.25, -0.2) is 0 Å². The first kappa shape index (κ1) is 12.9. The molecule has 0 amide bonds. The molecule has 0 aliphatic heterocycles. The Balaban J connectivity index is 1.98. The highest BCUT2D eigenvalue weighted by Crippen LogP contribution is 2.41. The SMILES string of the molecule is C=C(Br)CSc1nnc(C2CC2)n1-c1ccccc1. The molecule has 3 nitrogen and oxygen atoms in total. The topological polar surface area (TPSA) is 30.7 Å². The van der Waals surface area contributed by atoms with Gasteiger partial charge in [0.25, 0.3) is 0 Å². The van der Waals surface area contributed by atoms with E-state index >= 15 is 0 Å². The summed E-state index contributed by atoms with van der Waals surface area (Å²) in [6, 6.07) is 10.3. The molecule has 1 aliphatic carbocycles. The van der Waals surface area contributed by atoms with Crippen LogP contribution in [0.2, 0.25) is 0 Å². The number of hydrogen-bond donors (Lipinski definition) is 0. The predicted molar refractivity (Wildman–Crippen MR) is 82.1 cm³/mol. The van der Waals surface area contributed by atoms with E-state index in [9.17, 15) is 0 Å². The first-order valence-corrected chi connectivity index (χ1v) is 8.00. The summed E-state index contributed by atoms with van der Waals surface area (Å²) >= 11 is 5.05. The molecule has 5 heteroatoms. The second-order valence-corrected chi connectivity index (χ2v) is 6.66. The van der Waals surface area contributed by atoms with E-state index in [-0.39, 0.29) is 0 Å². The van der Waals surface area contributed by atoms with Gasteiger partial charge in [0.05, 0.1) is 0 Å². The van der Waals surface area contributed by atoms with Crippen LogP contribution in [-0.4, -0.2) is 20.5 Å². The fourth-order valence-corrected chi connectivity index (χ4v) is 3.00. The molecule has 0 N–H and O–H groups in total. The van der Waals surface area contributed by atoms with Crippen LogP contribution in [0.4, 0.5) is 0 Å². The number of para-hydroxylation sites is 1. The maximum atomic E-state index is 4.38. The number of halogens is 1. The highest BCUT2D eigenvalue weighted by molar-refractivity contribution is 9.11. The number of aromatic nitrogens is 3. The van der Waals surface area contributed by atoms with E-state index in [4.69, 9.17) is 0 Å². The molecule has 19 heavy (non-hydrogen) atoms. The van der Waals surface area contributed by atoms with Crippen LogP contribution >= 0.6 is 27.7 Å². The van der Waals surface area contributed by atoms with E-state index in [0.717, 1.165) is 26.9 Å². The average molecular weight is 336 g/mol. The Morgan fingerprint density at radius 3 is 2.68 bits per heavy atom. The van der Waals surface area contributed by atoms with Crippen LogP contribution < -0.4 is 0 Å². The van der Waals surface area contributed by atoms with Crippen molar-refractivity contribution in [2.45, 2.75) is 23.9 Å². The first-order chi connectivity index (χ1) is 9.25. The summed E-state index contributed by atoms with van der Waals surface area (Å²) in [6.07, 6.45) is 2.45. The van der Waals surface area contributed by atoms with Gasteiger partial charge in [0.2, 0.25) is 0 Å². The number of hydrogen-bond acceptors (Lipinski definition) is 3. The zero-order valence-electron chi connectivity index (χ0n) is 10.4. The Morgan fingerprint density at radius 1 is 1.32 bits per heavy atom. The maximum Gasteiger partial charge on any atom is 0.196 e. The lowest BCUT2D eigenvalue weighted by molar-refractivity contribution is 0.830. The Kier molecular flexibility index (Phi) is 3.75. The molecule has 2 aromatic rings. The average Bonchev–Trinajstić information content (AvgIpc) is 3.17. The van der Waals surface area contributed by atoms with Gasteiger partial charge in [-0.3, -0.25) is 4.57 Å². The van der Waals surface area contributed by atoms with Crippen molar-refractivity contribution >= 4 is 27.7 Å². The summed E-state index contributed by atoms with van der Waals surface area (Å²) in [6.45, 7) is 3.87. The molecule has 0 unspecified atom stereocenters. The van der Waals surface area contributed by atoms with Crippen LogP contribution in [0.15, 0.2) is 46.5 Å². The summed E-state index contributed by atoms with van der Waals surface area (Å²) < 4.78 is 3.14. The van der Waals surface area contributed by atoms with Gasteiger partial charge in [-0.15, -0.1) is 10.2 Å². The van der Waals surface area contributed by atoms with E-state index < -0.39 is 0 Å². The zero-order chi connectivity index (χ0) is 13.2. The minimum atomic E-state index is 0.578. The summed E-state index contributed by atoms with van der Waals surface area (Å²) in [5.74, 6) is 2.47. The lowest BCUT2D eigenvalue weighted by Gasteiger charge is -2.09. The molecule has 1 fully saturated rings. The number of rotatable bonds is 5. The Labute approximate surface area is 125 Å². The molecule has 1 heterocycles. The molecule has 1 aliphatic rings. The molecule has 3 rings (SSSR count). The van der Waals surface area contributed by atoms with E-state index in [1.54, 1.807) is 11.8 Å². The standard InChI is InChI=1S/C14H14BrN3S/c1-10(15)9-19-14-17-16-13(11-7-8-11)18(14)12-5-3-2-4-6-12/h2-6,11H,1,7-9H2. The molecule has 98 valence electrons. The van der Waals surface area contributed by atoms with Crippen molar-refractivity contribution in [3.8, 4) is 5.69 Å². The van der Waals surface area contributed by atoms with Gasteiger partial charge < -0.3 is 0 Å². The number of thioether (sulfide) groups is 1. The Bertz CT molecular complexity index is 590. The summed E-state index contributed by atoms with van der Waals surface area (Å²) in [5, 5.41) is 9.66. The summed E-state index contributed by atoms with van der Waals surface area (Å²) in [7, 11) is 0. The Morgan fingerprint density at radius 2 is 2.05 bits per heavy atom. The molecular formula is C14H14BrN3S. The van der Waals surface area contributed by atoms with Crippen molar-refractivity contribution in [1.29, 1.82) is 0 Å². The molecule has 1 saturated carbocycles. The molecule has 1 aromatic heterocycles. The summed E-state index contributed by atoms with van der Waals surface area (Å²) in [4.78, 5) is 0. The number of benzene rings is 1. The van der Waals surface area contributed by atoms with Crippen LogP contribution in [0.5, 0.6) is 0 Å². The third kappa shape index (κ3) is 2.92. The van der Waals surface area contributed by atoms with Gasteiger partial charge in [-0.2, -0.15) is 0 Å². The highest BCUT2D eigenvalue weighted by atomic mass is 79.9. The molecular weight excluding hydrogens is 322 g/mol. The van der Waals surface area contributed by atoms with Gasteiger partial charge >= 0.3 is 0 Å². The van der Waals surface area contributed by atoms with Gasteiger partial charge in [0.15, 0.2) is 5.16 Å². The third-order valence-corrected chi connectivity index (χ3v) is 4.64. The molecule has 0 spiro atoms. The van der Waals surface area contributed by atoms with Crippen LogP contribution in [0.3, 0.4) is 0 Å². The third-order valence-electron chi connectivity index (χ3n) is 2.97. The van der Waals surface area contributed by atoms with Crippen molar-refractivity contribution in [1.82, 2.24) is 14.8 Å². The minimum Gasteiger partial charge on any atom is -0.274 e. The van der Waals surface area contributed by atoms with Crippen LogP contribution in [0.25, 0.3) is 5.69 Å². The smallest absolute Gasteiger partial charge is 0.196 e. The van der Waals surface area contributed by atoms with Crippen LogP contribution in [-0.2, 0) is 0 Å². The van der Waals surface area contributed by atoms with E-state index in [1.165, 1.54) is 12.8 Å². The van der Waals surface area contributed by atoms with Gasteiger partial charge in [0.1, 0.15) is 5.82 Å². The van der Waals surface area contributed by atoms with Crippen molar-refractivity contribution in [2.75, 3.05) is 5.75 Å². The minimum absolute atomic E-state index is 0.578. The molecule has 0 saturated heterocycles. The lowest BCUT2D eigenvalue weighted by Crippen LogP contribution is -2.01. The molecule has 1 aromatic carbocycles. The van der Waals surface area contributed by atoms with Gasteiger partial charge in [0, 0.05) is 17.4 Å². The fourth-order valence-electron chi connectivity index (χ4n) is 1.94. The van der Waals surface area contributed by atoms with E-state index in [0.29, 0.717) is 5.92 Å². The second kappa shape index (κ2) is 5.51. The zero-order valence-corrected chi connectivity index (χ0v) is 12.8. The predicted octanol–water partition coefficient (Wildman–Crippen LogP) is 4.15. The lowest BCUT2D eigenvalue weighted by atomic mass is 10.3. The fraction of sp³-hybridized carbons (Fsp3) is 0.286. The maximum absolute atomic E-state index is 4.38. The highest BCUT2D eigenvalue weighted by Gasteiger charge is 2.30. The van der Waals surface area contributed by atoms with Gasteiger partial charge in [-0.1, -0.05) is 52.5 Å². The number of nitrogens with zero attached hydrogens (tertiary/aromatic N) is 3. The molecule has 0 radical (unpaired) electrons. The second-order valence-electron chi connectivity index (χ2n) is 4.59. The van der Waals surface area contributed by atoms with Crippen molar-refractivity contribution < 1.29 is 0 Å².